The molecule has 2 aromatic heterocycles. The molecule has 38 heavy (non-hydrogen) atoms. The van der Waals surface area contributed by atoms with Crippen LogP contribution in [-0.4, -0.2) is 35.1 Å². The van der Waals surface area contributed by atoms with Gasteiger partial charge in [0.05, 0.1) is 35.1 Å². The summed E-state index contributed by atoms with van der Waals surface area (Å²) in [4.78, 5) is 44.1. The summed E-state index contributed by atoms with van der Waals surface area (Å²) in [5, 5.41) is 3.94. The molecular formula is C28H29FN4O5. The van der Waals surface area contributed by atoms with Gasteiger partial charge in [0.15, 0.2) is 5.60 Å². The summed E-state index contributed by atoms with van der Waals surface area (Å²) in [6, 6.07) is 2.88. The van der Waals surface area contributed by atoms with Crippen molar-refractivity contribution >= 4 is 22.8 Å². The van der Waals surface area contributed by atoms with Crippen molar-refractivity contribution in [1.29, 1.82) is 0 Å². The minimum atomic E-state index is -1.40. The number of carbonyl (C=O) groups is 2. The number of carbonyl (C=O) groups excluding carboxylic acids is 2. The number of fused-ring (bicyclic) bond motifs is 5. The van der Waals surface area contributed by atoms with Gasteiger partial charge in [0, 0.05) is 42.7 Å². The van der Waals surface area contributed by atoms with Gasteiger partial charge in [-0.1, -0.05) is 6.92 Å². The number of hydrogen-bond acceptors (Lipinski definition) is 7. The first kappa shape index (κ1) is 24.7. The lowest BCUT2D eigenvalue weighted by Crippen LogP contribution is -2.45. The number of amides is 1. The number of esters is 1. The van der Waals surface area contributed by atoms with Crippen LogP contribution in [0.25, 0.3) is 22.3 Å². The fourth-order valence-electron chi connectivity index (χ4n) is 6.42. The number of ether oxygens (including phenoxy) is 2. The van der Waals surface area contributed by atoms with E-state index in [2.05, 4.69) is 5.32 Å². The number of methoxy groups -OCH3 is 1. The van der Waals surface area contributed by atoms with E-state index in [4.69, 9.17) is 20.2 Å². The lowest BCUT2D eigenvalue weighted by molar-refractivity contribution is -0.176. The Labute approximate surface area is 218 Å². The van der Waals surface area contributed by atoms with Crippen molar-refractivity contribution in [3.63, 3.8) is 0 Å². The monoisotopic (exact) mass is 520 g/mol. The molecule has 2 aliphatic heterocycles. The first-order valence-electron chi connectivity index (χ1n) is 12.9. The molecule has 2 atom stereocenters. The highest BCUT2D eigenvalue weighted by Crippen LogP contribution is 2.46. The molecule has 1 aliphatic carbocycles. The molecule has 0 radical (unpaired) electrons. The standard InChI is InChI=1S/C28H29FN4O5/c1-4-28(37-3)17-9-21-25-15(11-33(21)26(35)16(17)12-38-27(28)36)24-19(31-22(34)7-8-30)6-5-14-13(2)18(29)10-20(32-25)23(14)24/h9-10,19H,4-8,11-12,30H2,1-3H3,(H,31,34). The van der Waals surface area contributed by atoms with Crippen LogP contribution in [0.2, 0.25) is 0 Å². The van der Waals surface area contributed by atoms with Gasteiger partial charge >= 0.3 is 5.97 Å². The number of hydrogen-bond donors (Lipinski definition) is 2. The zero-order valence-corrected chi connectivity index (χ0v) is 21.6. The van der Waals surface area contributed by atoms with Crippen molar-refractivity contribution < 1.29 is 23.5 Å². The number of pyridine rings is 2. The van der Waals surface area contributed by atoms with Gasteiger partial charge < -0.3 is 25.1 Å². The predicted octanol–water partition coefficient (Wildman–Crippen LogP) is 2.63. The second-order valence-corrected chi connectivity index (χ2v) is 10.2. The van der Waals surface area contributed by atoms with Crippen molar-refractivity contribution in [2.75, 3.05) is 13.7 Å². The predicted molar refractivity (Wildman–Crippen MR) is 137 cm³/mol. The molecule has 3 aromatic rings. The Morgan fingerprint density at radius 2 is 2.11 bits per heavy atom. The largest absolute Gasteiger partial charge is 0.458 e. The number of benzene rings is 1. The van der Waals surface area contributed by atoms with E-state index in [9.17, 15) is 18.8 Å². The highest BCUT2D eigenvalue weighted by Gasteiger charge is 2.47. The summed E-state index contributed by atoms with van der Waals surface area (Å²) >= 11 is 0. The summed E-state index contributed by atoms with van der Waals surface area (Å²) in [5.41, 5.74) is 9.45. The highest BCUT2D eigenvalue weighted by molar-refractivity contribution is 5.94. The highest BCUT2D eigenvalue weighted by atomic mass is 19.1. The summed E-state index contributed by atoms with van der Waals surface area (Å²) in [5.74, 6) is -1.04. The maximum absolute atomic E-state index is 15.0. The van der Waals surface area contributed by atoms with E-state index in [0.29, 0.717) is 46.4 Å². The van der Waals surface area contributed by atoms with Crippen LogP contribution < -0.4 is 16.6 Å². The van der Waals surface area contributed by atoms with Crippen molar-refractivity contribution in [3.8, 4) is 11.4 Å². The summed E-state index contributed by atoms with van der Waals surface area (Å²) in [6.07, 6.45) is 1.66. The van der Waals surface area contributed by atoms with Gasteiger partial charge in [0.1, 0.15) is 12.4 Å². The third-order valence-corrected chi connectivity index (χ3v) is 8.40. The van der Waals surface area contributed by atoms with E-state index >= 15 is 0 Å². The molecule has 0 saturated heterocycles. The Morgan fingerprint density at radius 1 is 1.32 bits per heavy atom. The van der Waals surface area contributed by atoms with E-state index in [1.807, 2.05) is 0 Å². The minimum Gasteiger partial charge on any atom is -0.458 e. The molecule has 0 saturated carbocycles. The minimum absolute atomic E-state index is 0.136. The third-order valence-electron chi connectivity index (χ3n) is 8.40. The average Bonchev–Trinajstić information content (AvgIpc) is 3.27. The molecule has 2 unspecified atom stereocenters. The van der Waals surface area contributed by atoms with Crippen molar-refractivity contribution in [2.45, 2.75) is 64.3 Å². The molecule has 1 amide bonds. The Morgan fingerprint density at radius 3 is 2.82 bits per heavy atom. The number of nitrogens with two attached hydrogens (primary N) is 1. The first-order chi connectivity index (χ1) is 18.2. The Balaban J connectivity index is 1.64. The molecule has 0 spiro atoms. The van der Waals surface area contributed by atoms with Gasteiger partial charge in [-0.3, -0.25) is 9.59 Å². The smallest absolute Gasteiger partial charge is 0.343 e. The summed E-state index contributed by atoms with van der Waals surface area (Å²) < 4.78 is 27.7. The number of aryl methyl sites for hydroxylation is 1. The van der Waals surface area contributed by atoms with E-state index < -0.39 is 11.6 Å². The Bertz CT molecular complexity index is 1610. The fraction of sp³-hybridized carbons (Fsp3) is 0.429. The molecule has 0 fully saturated rings. The van der Waals surface area contributed by atoms with Crippen LogP contribution in [0.4, 0.5) is 4.39 Å². The molecule has 9 nitrogen and oxygen atoms in total. The second kappa shape index (κ2) is 8.71. The average molecular weight is 521 g/mol. The second-order valence-electron chi connectivity index (χ2n) is 10.2. The van der Waals surface area contributed by atoms with Crippen LogP contribution in [0.5, 0.6) is 0 Å². The van der Waals surface area contributed by atoms with E-state index in [0.717, 1.165) is 22.1 Å². The van der Waals surface area contributed by atoms with Gasteiger partial charge in [-0.25, -0.2) is 14.2 Å². The number of nitrogens with zero attached hydrogens (tertiary/aromatic N) is 2. The lowest BCUT2D eigenvalue weighted by Gasteiger charge is -2.35. The maximum atomic E-state index is 15.0. The van der Waals surface area contributed by atoms with Gasteiger partial charge in [-0.05, 0) is 48.9 Å². The van der Waals surface area contributed by atoms with Crippen molar-refractivity contribution in [1.82, 2.24) is 14.9 Å². The molecule has 198 valence electrons. The van der Waals surface area contributed by atoms with Gasteiger partial charge in [-0.15, -0.1) is 0 Å². The molecule has 4 heterocycles. The van der Waals surface area contributed by atoms with Crippen LogP contribution in [0.15, 0.2) is 16.9 Å². The Hall–Kier alpha value is -3.63. The first-order valence-corrected chi connectivity index (χ1v) is 12.9. The fourth-order valence-corrected chi connectivity index (χ4v) is 6.42. The normalized spacial score (nSPS) is 21.1. The molecule has 3 N–H and O–H groups in total. The molecule has 0 bridgehead atoms. The molecule has 10 heteroatoms. The van der Waals surface area contributed by atoms with Crippen molar-refractivity contribution in [2.24, 2.45) is 5.73 Å². The molecule has 3 aliphatic rings. The number of aromatic nitrogens is 2. The van der Waals surface area contributed by atoms with Crippen LogP contribution in [-0.2, 0) is 44.2 Å². The van der Waals surface area contributed by atoms with Crippen LogP contribution in [0.3, 0.4) is 0 Å². The zero-order chi connectivity index (χ0) is 26.9. The number of nitrogens with one attached hydrogen (secondary N) is 1. The summed E-state index contributed by atoms with van der Waals surface area (Å²) in [6.45, 7) is 3.90. The number of cyclic esters (lactones) is 1. The van der Waals surface area contributed by atoms with Crippen molar-refractivity contribution in [3.05, 3.63) is 61.7 Å². The third kappa shape index (κ3) is 3.23. The van der Waals surface area contributed by atoms with E-state index in [-0.39, 0.29) is 55.9 Å². The van der Waals surface area contributed by atoms with Gasteiger partial charge in [0.25, 0.3) is 5.56 Å². The molecule has 1 aromatic carbocycles. The topological polar surface area (TPSA) is 126 Å². The summed E-state index contributed by atoms with van der Waals surface area (Å²) in [7, 11) is 1.43. The zero-order valence-electron chi connectivity index (χ0n) is 21.6. The lowest BCUT2D eigenvalue weighted by atomic mass is 9.81. The SMILES string of the molecule is CCC1(OC)C(=O)OCc2c1cc1n(c2=O)Cc2c-1nc1cc(F)c(C)c3c1c2C(NC(=O)CCN)CC3. The molecule has 6 rings (SSSR count). The van der Waals surface area contributed by atoms with Gasteiger partial charge in [0.2, 0.25) is 5.91 Å². The van der Waals surface area contributed by atoms with Gasteiger partial charge in [-0.2, -0.15) is 0 Å². The van der Waals surface area contributed by atoms with Crippen LogP contribution in [0, 0.1) is 12.7 Å². The quantitative estimate of drug-likeness (QED) is 0.388. The number of halogens is 1. The number of rotatable bonds is 5. The van der Waals surface area contributed by atoms with Crippen LogP contribution >= 0.6 is 0 Å². The van der Waals surface area contributed by atoms with Crippen LogP contribution in [0.1, 0.15) is 65.6 Å². The Kier molecular flexibility index (Phi) is 5.66. The molecular weight excluding hydrogens is 491 g/mol. The van der Waals surface area contributed by atoms with E-state index in [1.54, 1.807) is 24.5 Å². The maximum Gasteiger partial charge on any atom is 0.343 e. The van der Waals surface area contributed by atoms with E-state index in [1.165, 1.54) is 13.2 Å².